The molecule has 3 rings (SSSR count). The molecule has 0 aliphatic carbocycles. The van der Waals surface area contributed by atoms with Crippen LogP contribution in [0.3, 0.4) is 0 Å². The Balaban J connectivity index is 2.17. The van der Waals surface area contributed by atoms with Crippen LogP contribution in [0.2, 0.25) is 0 Å². The molecule has 0 spiro atoms. The van der Waals surface area contributed by atoms with Crippen molar-refractivity contribution in [3.05, 3.63) is 76.4 Å². The third-order valence-corrected chi connectivity index (χ3v) is 4.35. The summed E-state index contributed by atoms with van der Waals surface area (Å²) in [4.78, 5) is 38.1. The van der Waals surface area contributed by atoms with Crippen molar-refractivity contribution in [3.63, 3.8) is 0 Å². The van der Waals surface area contributed by atoms with E-state index in [9.17, 15) is 14.4 Å². The number of fused-ring (bicyclic) bond motifs is 1. The van der Waals surface area contributed by atoms with E-state index >= 15 is 0 Å². The van der Waals surface area contributed by atoms with Gasteiger partial charge >= 0.3 is 0 Å². The molecule has 0 unspecified atom stereocenters. The summed E-state index contributed by atoms with van der Waals surface area (Å²) in [6, 6.07) is 10.4. The first kappa shape index (κ1) is 16.8. The zero-order valence-electron chi connectivity index (χ0n) is 14.3. The van der Waals surface area contributed by atoms with Gasteiger partial charge in [-0.25, -0.2) is 4.90 Å². The van der Waals surface area contributed by atoms with E-state index in [1.54, 1.807) is 12.1 Å². The highest BCUT2D eigenvalue weighted by Crippen LogP contribution is 2.35. The summed E-state index contributed by atoms with van der Waals surface area (Å²) in [5.74, 6) is -0.728. The lowest BCUT2D eigenvalue weighted by atomic mass is 9.99. The number of allylic oxidation sites excluding steroid dienone is 1. The van der Waals surface area contributed by atoms with Gasteiger partial charge in [-0.1, -0.05) is 43.3 Å². The van der Waals surface area contributed by atoms with Crippen LogP contribution in [0.15, 0.2) is 48.6 Å². The molecule has 4 heteroatoms. The van der Waals surface area contributed by atoms with Crippen molar-refractivity contribution in [3.8, 4) is 0 Å². The van der Waals surface area contributed by atoms with Gasteiger partial charge in [0.2, 0.25) is 0 Å². The fourth-order valence-electron chi connectivity index (χ4n) is 3.22. The smallest absolute Gasteiger partial charge is 0.266 e. The van der Waals surface area contributed by atoms with E-state index in [1.807, 2.05) is 32.0 Å². The van der Waals surface area contributed by atoms with Gasteiger partial charge in [-0.15, -0.1) is 0 Å². The lowest BCUT2D eigenvalue weighted by Gasteiger charge is -2.22. The Kier molecular flexibility index (Phi) is 4.36. The molecule has 0 bridgehead atoms. The molecule has 0 saturated heterocycles. The second kappa shape index (κ2) is 6.48. The highest BCUT2D eigenvalue weighted by atomic mass is 16.2. The average molecular weight is 333 g/mol. The maximum atomic E-state index is 12.9. The predicted octanol–water partition coefficient (Wildman–Crippen LogP) is 3.98. The SMILES string of the molecule is C=C(C)Cc1cccc(CC)c1N1C(=O)c2ccc(C=O)cc2C1=O. The molecule has 1 aliphatic rings. The molecular weight excluding hydrogens is 314 g/mol. The van der Waals surface area contributed by atoms with Gasteiger partial charge in [-0.2, -0.15) is 0 Å². The van der Waals surface area contributed by atoms with Crippen LogP contribution in [0.5, 0.6) is 0 Å². The molecule has 0 fully saturated rings. The molecule has 1 heterocycles. The minimum absolute atomic E-state index is 0.279. The molecule has 0 radical (unpaired) electrons. The van der Waals surface area contributed by atoms with Crippen molar-refractivity contribution >= 4 is 23.8 Å². The molecule has 2 aromatic rings. The molecule has 4 nitrogen and oxygen atoms in total. The van der Waals surface area contributed by atoms with E-state index in [1.165, 1.54) is 11.0 Å². The van der Waals surface area contributed by atoms with Crippen LogP contribution in [0, 0.1) is 0 Å². The molecule has 2 amide bonds. The standard InChI is InChI=1S/C21H19NO3/c1-4-15-6-5-7-16(10-13(2)3)19(15)22-20(24)17-9-8-14(12-23)11-18(17)21(22)25/h5-9,11-12H,2,4,10H2,1,3H3. The summed E-state index contributed by atoms with van der Waals surface area (Å²) in [6.07, 6.45) is 1.97. The van der Waals surface area contributed by atoms with E-state index in [0.717, 1.165) is 16.7 Å². The summed E-state index contributed by atoms with van der Waals surface area (Å²) in [7, 11) is 0. The van der Waals surface area contributed by atoms with E-state index in [0.29, 0.717) is 35.9 Å². The fraction of sp³-hybridized carbons (Fsp3) is 0.190. The molecule has 2 aromatic carbocycles. The van der Waals surface area contributed by atoms with Gasteiger partial charge in [0.25, 0.3) is 11.8 Å². The van der Waals surface area contributed by atoms with E-state index in [-0.39, 0.29) is 17.4 Å². The van der Waals surface area contributed by atoms with Crippen LogP contribution in [0.1, 0.15) is 56.0 Å². The number of benzene rings is 2. The van der Waals surface area contributed by atoms with Gasteiger partial charge < -0.3 is 0 Å². The number of hydrogen-bond acceptors (Lipinski definition) is 3. The first-order valence-corrected chi connectivity index (χ1v) is 8.21. The molecule has 0 atom stereocenters. The molecule has 0 N–H and O–H groups in total. The number of amides is 2. The molecule has 0 saturated carbocycles. The van der Waals surface area contributed by atoms with Gasteiger partial charge in [-0.3, -0.25) is 14.4 Å². The Morgan fingerprint density at radius 1 is 1.08 bits per heavy atom. The van der Waals surface area contributed by atoms with Gasteiger partial charge in [0.1, 0.15) is 6.29 Å². The minimum atomic E-state index is -0.382. The van der Waals surface area contributed by atoms with E-state index < -0.39 is 0 Å². The third kappa shape index (κ3) is 2.80. The predicted molar refractivity (Wildman–Crippen MR) is 97.3 cm³/mol. The highest BCUT2D eigenvalue weighted by molar-refractivity contribution is 6.35. The van der Waals surface area contributed by atoms with Crippen LogP contribution in [0.4, 0.5) is 5.69 Å². The number of para-hydroxylation sites is 1. The van der Waals surface area contributed by atoms with Crippen LogP contribution in [0.25, 0.3) is 0 Å². The Morgan fingerprint density at radius 2 is 1.76 bits per heavy atom. The normalized spacial score (nSPS) is 13.1. The van der Waals surface area contributed by atoms with E-state index in [4.69, 9.17) is 0 Å². The van der Waals surface area contributed by atoms with E-state index in [2.05, 4.69) is 6.58 Å². The minimum Gasteiger partial charge on any atom is -0.298 e. The van der Waals surface area contributed by atoms with Gasteiger partial charge in [0, 0.05) is 5.56 Å². The zero-order chi connectivity index (χ0) is 18.1. The van der Waals surface area contributed by atoms with Crippen LogP contribution < -0.4 is 4.90 Å². The van der Waals surface area contributed by atoms with Crippen LogP contribution >= 0.6 is 0 Å². The third-order valence-electron chi connectivity index (χ3n) is 4.35. The van der Waals surface area contributed by atoms with Gasteiger partial charge in [0.05, 0.1) is 16.8 Å². The number of carbonyl (C=O) groups excluding carboxylic acids is 3. The second-order valence-corrected chi connectivity index (χ2v) is 6.28. The molecule has 126 valence electrons. The molecule has 25 heavy (non-hydrogen) atoms. The Bertz CT molecular complexity index is 911. The van der Waals surface area contributed by atoms with Gasteiger partial charge in [0.15, 0.2) is 0 Å². The average Bonchev–Trinajstić information content (AvgIpc) is 2.84. The second-order valence-electron chi connectivity index (χ2n) is 6.28. The number of imide groups is 1. The van der Waals surface area contributed by atoms with Crippen LogP contribution in [-0.4, -0.2) is 18.1 Å². The Morgan fingerprint density at radius 3 is 2.40 bits per heavy atom. The zero-order valence-corrected chi connectivity index (χ0v) is 14.3. The topological polar surface area (TPSA) is 54.5 Å². The Hall–Kier alpha value is -3.01. The number of anilines is 1. The maximum Gasteiger partial charge on any atom is 0.266 e. The largest absolute Gasteiger partial charge is 0.298 e. The van der Waals surface area contributed by atoms with Crippen molar-refractivity contribution in [2.24, 2.45) is 0 Å². The number of rotatable bonds is 5. The van der Waals surface area contributed by atoms with Crippen molar-refractivity contribution in [1.82, 2.24) is 0 Å². The first-order valence-electron chi connectivity index (χ1n) is 8.21. The van der Waals surface area contributed by atoms with Crippen molar-refractivity contribution in [2.75, 3.05) is 4.90 Å². The van der Waals surface area contributed by atoms with Crippen LogP contribution in [-0.2, 0) is 12.8 Å². The quantitative estimate of drug-likeness (QED) is 0.472. The fourth-order valence-corrected chi connectivity index (χ4v) is 3.22. The first-order chi connectivity index (χ1) is 12.0. The summed E-state index contributed by atoms with van der Waals surface area (Å²) in [5.41, 5.74) is 4.43. The van der Waals surface area contributed by atoms with Gasteiger partial charge in [-0.05, 0) is 43.0 Å². The molecular formula is C21H19NO3. The number of aldehydes is 1. The highest BCUT2D eigenvalue weighted by Gasteiger charge is 2.38. The number of carbonyl (C=O) groups is 3. The Labute approximate surface area is 146 Å². The number of nitrogens with zero attached hydrogens (tertiary/aromatic N) is 1. The van der Waals surface area contributed by atoms with Crippen molar-refractivity contribution in [1.29, 1.82) is 0 Å². The maximum absolute atomic E-state index is 12.9. The summed E-state index contributed by atoms with van der Waals surface area (Å²) in [5, 5.41) is 0. The lowest BCUT2D eigenvalue weighted by molar-refractivity contribution is 0.0925. The number of hydrogen-bond donors (Lipinski definition) is 0. The summed E-state index contributed by atoms with van der Waals surface area (Å²) < 4.78 is 0. The molecule has 0 aromatic heterocycles. The van der Waals surface area contributed by atoms with Crippen molar-refractivity contribution < 1.29 is 14.4 Å². The monoisotopic (exact) mass is 333 g/mol. The lowest BCUT2D eigenvalue weighted by Crippen LogP contribution is -2.31. The van der Waals surface area contributed by atoms with Crippen molar-refractivity contribution in [2.45, 2.75) is 26.7 Å². The number of aryl methyl sites for hydroxylation is 1. The summed E-state index contributed by atoms with van der Waals surface area (Å²) >= 11 is 0. The summed E-state index contributed by atoms with van der Waals surface area (Å²) in [6.45, 7) is 7.86. The molecule has 1 aliphatic heterocycles.